The highest BCUT2D eigenvalue weighted by atomic mass is 15.1. The summed E-state index contributed by atoms with van der Waals surface area (Å²) < 4.78 is 2.25. The molecular formula is C16H18N4. The lowest BCUT2D eigenvalue weighted by molar-refractivity contribution is 0.736. The first-order valence-corrected chi connectivity index (χ1v) is 6.88. The summed E-state index contributed by atoms with van der Waals surface area (Å²) in [6.45, 7) is 2.88. The predicted octanol–water partition coefficient (Wildman–Crippen LogP) is 3.08. The lowest BCUT2D eigenvalue weighted by atomic mass is 10.3. The summed E-state index contributed by atoms with van der Waals surface area (Å²) in [5, 5.41) is 3.15. The average molecular weight is 266 g/mol. The third kappa shape index (κ3) is 2.25. The number of hydrogen-bond donors (Lipinski definition) is 1. The van der Waals surface area contributed by atoms with Gasteiger partial charge in [-0.3, -0.25) is 4.98 Å². The quantitative estimate of drug-likeness (QED) is 0.789. The van der Waals surface area contributed by atoms with Crippen LogP contribution in [0.2, 0.25) is 0 Å². The van der Waals surface area contributed by atoms with Gasteiger partial charge in [-0.1, -0.05) is 19.1 Å². The summed E-state index contributed by atoms with van der Waals surface area (Å²) in [5.41, 5.74) is 4.34. The molecule has 4 heteroatoms. The predicted molar refractivity (Wildman–Crippen MR) is 82.0 cm³/mol. The third-order valence-corrected chi connectivity index (χ3v) is 3.48. The van der Waals surface area contributed by atoms with Gasteiger partial charge in [-0.2, -0.15) is 0 Å². The van der Waals surface area contributed by atoms with Gasteiger partial charge in [0.2, 0.25) is 0 Å². The molecule has 20 heavy (non-hydrogen) atoms. The Kier molecular flexibility index (Phi) is 3.37. The first kappa shape index (κ1) is 12.7. The van der Waals surface area contributed by atoms with Gasteiger partial charge in [0.05, 0.1) is 23.3 Å². The Hall–Kier alpha value is -2.36. The van der Waals surface area contributed by atoms with E-state index in [9.17, 15) is 0 Å². The number of nitrogens with one attached hydrogen (secondary N) is 1. The van der Waals surface area contributed by atoms with Crippen LogP contribution in [0.1, 0.15) is 18.4 Å². The van der Waals surface area contributed by atoms with E-state index in [-0.39, 0.29) is 0 Å². The Bertz CT molecular complexity index is 730. The SMILES string of the molecule is CCc1nc2ccccc2n1Cc1cc(NC)ccn1. The number of hydrogen-bond acceptors (Lipinski definition) is 3. The summed E-state index contributed by atoms with van der Waals surface area (Å²) >= 11 is 0. The van der Waals surface area contributed by atoms with Crippen LogP contribution in [-0.4, -0.2) is 21.6 Å². The summed E-state index contributed by atoms with van der Waals surface area (Å²) in [4.78, 5) is 9.15. The first-order valence-electron chi connectivity index (χ1n) is 6.88. The van der Waals surface area contributed by atoms with Crippen molar-refractivity contribution in [2.45, 2.75) is 19.9 Å². The molecule has 2 heterocycles. The van der Waals surface area contributed by atoms with Crippen molar-refractivity contribution in [3.05, 3.63) is 54.1 Å². The van der Waals surface area contributed by atoms with Gasteiger partial charge >= 0.3 is 0 Å². The van der Waals surface area contributed by atoms with Gasteiger partial charge in [0, 0.05) is 25.4 Å². The molecule has 0 radical (unpaired) electrons. The molecule has 0 bridgehead atoms. The lowest BCUT2D eigenvalue weighted by Crippen LogP contribution is -2.06. The van der Waals surface area contributed by atoms with Crippen LogP contribution in [0.3, 0.4) is 0 Å². The molecule has 2 aromatic heterocycles. The molecule has 3 rings (SSSR count). The Morgan fingerprint density at radius 1 is 1.20 bits per heavy atom. The van der Waals surface area contributed by atoms with Crippen LogP contribution < -0.4 is 5.32 Å². The molecule has 0 atom stereocenters. The number of imidazole rings is 1. The van der Waals surface area contributed by atoms with Gasteiger partial charge in [0.25, 0.3) is 0 Å². The normalized spacial score (nSPS) is 10.9. The van der Waals surface area contributed by atoms with Gasteiger partial charge in [-0.25, -0.2) is 4.98 Å². The number of fused-ring (bicyclic) bond motifs is 1. The van der Waals surface area contributed by atoms with Crippen molar-refractivity contribution in [1.29, 1.82) is 0 Å². The minimum absolute atomic E-state index is 0.749. The molecule has 0 fully saturated rings. The molecule has 0 aliphatic carbocycles. The van der Waals surface area contributed by atoms with E-state index in [2.05, 4.69) is 51.0 Å². The van der Waals surface area contributed by atoms with E-state index < -0.39 is 0 Å². The highest BCUT2D eigenvalue weighted by Crippen LogP contribution is 2.18. The zero-order valence-corrected chi connectivity index (χ0v) is 11.8. The number of aryl methyl sites for hydroxylation is 1. The van der Waals surface area contributed by atoms with E-state index in [1.807, 2.05) is 25.4 Å². The van der Waals surface area contributed by atoms with Crippen molar-refractivity contribution < 1.29 is 0 Å². The Morgan fingerprint density at radius 2 is 2.05 bits per heavy atom. The number of anilines is 1. The number of nitrogens with zero attached hydrogens (tertiary/aromatic N) is 3. The summed E-state index contributed by atoms with van der Waals surface area (Å²) in [6, 6.07) is 12.3. The van der Waals surface area contributed by atoms with E-state index in [0.29, 0.717) is 0 Å². The fourth-order valence-corrected chi connectivity index (χ4v) is 2.45. The summed E-state index contributed by atoms with van der Waals surface area (Å²) in [6.07, 6.45) is 2.76. The molecular weight excluding hydrogens is 248 g/mol. The minimum atomic E-state index is 0.749. The van der Waals surface area contributed by atoms with E-state index >= 15 is 0 Å². The molecule has 0 aliphatic rings. The number of benzene rings is 1. The topological polar surface area (TPSA) is 42.7 Å². The molecule has 4 nitrogen and oxygen atoms in total. The number of aromatic nitrogens is 3. The van der Waals surface area contributed by atoms with Gasteiger partial charge in [0.1, 0.15) is 5.82 Å². The number of para-hydroxylation sites is 2. The molecule has 3 aromatic rings. The van der Waals surface area contributed by atoms with Crippen molar-refractivity contribution in [3.63, 3.8) is 0 Å². The molecule has 0 saturated heterocycles. The maximum absolute atomic E-state index is 4.69. The third-order valence-electron chi connectivity index (χ3n) is 3.48. The van der Waals surface area contributed by atoms with Crippen LogP contribution in [-0.2, 0) is 13.0 Å². The summed E-state index contributed by atoms with van der Waals surface area (Å²) in [5.74, 6) is 1.10. The summed E-state index contributed by atoms with van der Waals surface area (Å²) in [7, 11) is 1.92. The van der Waals surface area contributed by atoms with E-state index in [0.717, 1.165) is 35.7 Å². The van der Waals surface area contributed by atoms with Crippen molar-refractivity contribution in [2.24, 2.45) is 0 Å². The standard InChI is InChI=1S/C16H18N4/c1-3-16-19-14-6-4-5-7-15(14)20(16)11-13-10-12(17-2)8-9-18-13/h4-10H,3,11H2,1-2H3,(H,17,18). The monoisotopic (exact) mass is 266 g/mol. The second-order valence-corrected chi connectivity index (χ2v) is 4.74. The van der Waals surface area contributed by atoms with E-state index in [1.165, 1.54) is 5.52 Å². The maximum Gasteiger partial charge on any atom is 0.109 e. The first-order chi connectivity index (χ1) is 9.81. The second kappa shape index (κ2) is 5.33. The van der Waals surface area contributed by atoms with Crippen LogP contribution in [0.5, 0.6) is 0 Å². The van der Waals surface area contributed by atoms with E-state index in [1.54, 1.807) is 0 Å². The van der Waals surface area contributed by atoms with E-state index in [4.69, 9.17) is 0 Å². The minimum Gasteiger partial charge on any atom is -0.388 e. The molecule has 0 unspecified atom stereocenters. The molecule has 102 valence electrons. The van der Waals surface area contributed by atoms with Crippen LogP contribution in [0.15, 0.2) is 42.6 Å². The van der Waals surface area contributed by atoms with Crippen molar-refractivity contribution in [3.8, 4) is 0 Å². The van der Waals surface area contributed by atoms with Crippen LogP contribution >= 0.6 is 0 Å². The number of pyridine rings is 1. The molecule has 0 spiro atoms. The highest BCUT2D eigenvalue weighted by molar-refractivity contribution is 5.76. The van der Waals surface area contributed by atoms with Crippen LogP contribution in [0.25, 0.3) is 11.0 Å². The zero-order chi connectivity index (χ0) is 13.9. The van der Waals surface area contributed by atoms with Crippen molar-refractivity contribution >= 4 is 16.7 Å². The molecule has 0 amide bonds. The van der Waals surface area contributed by atoms with Gasteiger partial charge in [-0.05, 0) is 24.3 Å². The zero-order valence-electron chi connectivity index (χ0n) is 11.8. The van der Waals surface area contributed by atoms with Gasteiger partial charge in [0.15, 0.2) is 0 Å². The van der Waals surface area contributed by atoms with Crippen molar-refractivity contribution in [2.75, 3.05) is 12.4 Å². The van der Waals surface area contributed by atoms with Crippen molar-refractivity contribution in [1.82, 2.24) is 14.5 Å². The molecule has 0 aliphatic heterocycles. The highest BCUT2D eigenvalue weighted by Gasteiger charge is 2.09. The fourth-order valence-electron chi connectivity index (χ4n) is 2.45. The largest absolute Gasteiger partial charge is 0.388 e. The van der Waals surface area contributed by atoms with Crippen LogP contribution in [0.4, 0.5) is 5.69 Å². The Balaban J connectivity index is 2.04. The Morgan fingerprint density at radius 3 is 2.85 bits per heavy atom. The lowest BCUT2D eigenvalue weighted by Gasteiger charge is -2.09. The van der Waals surface area contributed by atoms with Gasteiger partial charge in [-0.15, -0.1) is 0 Å². The average Bonchev–Trinajstić information content (AvgIpc) is 2.85. The number of rotatable bonds is 4. The fraction of sp³-hybridized carbons (Fsp3) is 0.250. The maximum atomic E-state index is 4.69. The van der Waals surface area contributed by atoms with Gasteiger partial charge < -0.3 is 9.88 Å². The smallest absolute Gasteiger partial charge is 0.109 e. The second-order valence-electron chi connectivity index (χ2n) is 4.74. The Labute approximate surface area is 118 Å². The molecule has 1 N–H and O–H groups in total. The van der Waals surface area contributed by atoms with Crippen LogP contribution in [0, 0.1) is 0 Å². The molecule has 0 saturated carbocycles. The molecule has 1 aromatic carbocycles.